The third kappa shape index (κ3) is 3.81. The predicted molar refractivity (Wildman–Crippen MR) is 99.3 cm³/mol. The van der Waals surface area contributed by atoms with Crippen LogP contribution < -0.4 is 15.4 Å². The molecule has 0 aromatic carbocycles. The van der Waals surface area contributed by atoms with Crippen LogP contribution in [-0.4, -0.2) is 46.9 Å². The second kappa shape index (κ2) is 6.46. The smallest absolute Gasteiger partial charge is 0.266 e. The Kier molecular flexibility index (Phi) is 4.49. The highest BCUT2D eigenvalue weighted by Crippen LogP contribution is 2.25. The van der Waals surface area contributed by atoms with Gasteiger partial charge in [0, 0.05) is 50.7 Å². The van der Waals surface area contributed by atoms with E-state index in [0.29, 0.717) is 12.5 Å². The summed E-state index contributed by atoms with van der Waals surface area (Å²) in [6, 6.07) is 5.44. The van der Waals surface area contributed by atoms with Gasteiger partial charge in [-0.2, -0.15) is 5.10 Å². The average molecular weight is 342 g/mol. The highest BCUT2D eigenvalue weighted by Gasteiger charge is 2.29. The summed E-state index contributed by atoms with van der Waals surface area (Å²) in [7, 11) is 3.93. The standard InChI is InChI=1S/C18H26N6O/c1-18(2,3)14-6-7-17(25)24(21-14)11-13-9-23(10-13)16-8-15(22(4)5)19-12-20-16/h6-8,12-13H,9-11H2,1-5H3. The Balaban J connectivity index is 1.66. The van der Waals surface area contributed by atoms with Crippen LogP contribution in [0.1, 0.15) is 26.5 Å². The third-order valence-corrected chi connectivity index (χ3v) is 4.44. The molecule has 25 heavy (non-hydrogen) atoms. The topological polar surface area (TPSA) is 67.2 Å². The van der Waals surface area contributed by atoms with E-state index in [-0.39, 0.29) is 11.0 Å². The molecule has 3 heterocycles. The summed E-state index contributed by atoms with van der Waals surface area (Å²) in [5.41, 5.74) is 0.836. The summed E-state index contributed by atoms with van der Waals surface area (Å²) < 4.78 is 1.60. The number of hydrogen-bond acceptors (Lipinski definition) is 6. The van der Waals surface area contributed by atoms with E-state index in [1.54, 1.807) is 17.1 Å². The van der Waals surface area contributed by atoms with E-state index in [1.165, 1.54) is 0 Å². The molecule has 7 heteroatoms. The molecule has 134 valence electrons. The molecule has 7 nitrogen and oxygen atoms in total. The van der Waals surface area contributed by atoms with Gasteiger partial charge >= 0.3 is 0 Å². The van der Waals surface area contributed by atoms with Gasteiger partial charge < -0.3 is 9.80 Å². The zero-order valence-electron chi connectivity index (χ0n) is 15.6. The number of aromatic nitrogens is 4. The molecule has 3 rings (SSSR count). The van der Waals surface area contributed by atoms with Crippen LogP contribution in [0.4, 0.5) is 11.6 Å². The van der Waals surface area contributed by atoms with Crippen LogP contribution >= 0.6 is 0 Å². The van der Waals surface area contributed by atoms with Crippen molar-refractivity contribution < 1.29 is 0 Å². The van der Waals surface area contributed by atoms with E-state index in [0.717, 1.165) is 30.4 Å². The van der Waals surface area contributed by atoms with Gasteiger partial charge in [0.25, 0.3) is 5.56 Å². The maximum Gasteiger partial charge on any atom is 0.266 e. The second-order valence-corrected chi connectivity index (χ2v) is 7.89. The Morgan fingerprint density at radius 2 is 1.92 bits per heavy atom. The fourth-order valence-corrected chi connectivity index (χ4v) is 2.85. The molecule has 1 aliphatic heterocycles. The van der Waals surface area contributed by atoms with Crippen LogP contribution in [0.3, 0.4) is 0 Å². The van der Waals surface area contributed by atoms with E-state index in [9.17, 15) is 4.79 Å². The SMILES string of the molecule is CN(C)c1cc(N2CC(Cn3nc(C(C)(C)C)ccc3=O)C2)ncn1. The van der Waals surface area contributed by atoms with Crippen molar-refractivity contribution in [2.24, 2.45) is 5.92 Å². The number of nitrogens with zero attached hydrogens (tertiary/aromatic N) is 6. The van der Waals surface area contributed by atoms with Gasteiger partial charge in [-0.3, -0.25) is 4.79 Å². The van der Waals surface area contributed by atoms with Crippen molar-refractivity contribution in [2.75, 3.05) is 37.0 Å². The Morgan fingerprint density at radius 3 is 2.56 bits per heavy atom. The van der Waals surface area contributed by atoms with Gasteiger partial charge in [-0.25, -0.2) is 14.6 Å². The highest BCUT2D eigenvalue weighted by molar-refractivity contribution is 5.50. The van der Waals surface area contributed by atoms with Crippen molar-refractivity contribution in [3.63, 3.8) is 0 Å². The largest absolute Gasteiger partial charge is 0.363 e. The Hall–Kier alpha value is -2.44. The number of anilines is 2. The van der Waals surface area contributed by atoms with Crippen LogP contribution in [0.25, 0.3) is 0 Å². The van der Waals surface area contributed by atoms with E-state index >= 15 is 0 Å². The molecule has 0 spiro atoms. The summed E-state index contributed by atoms with van der Waals surface area (Å²) in [6.07, 6.45) is 1.59. The Bertz CT molecular complexity index is 802. The molecule has 0 unspecified atom stereocenters. The first-order chi connectivity index (χ1) is 11.7. The molecule has 0 saturated carbocycles. The minimum atomic E-state index is -0.0648. The monoisotopic (exact) mass is 342 g/mol. The second-order valence-electron chi connectivity index (χ2n) is 7.89. The van der Waals surface area contributed by atoms with Gasteiger partial charge in [0.05, 0.1) is 12.2 Å². The lowest BCUT2D eigenvalue weighted by atomic mass is 9.92. The molecule has 0 atom stereocenters. The molecular formula is C18H26N6O. The zero-order valence-corrected chi connectivity index (χ0v) is 15.6. The molecule has 0 radical (unpaired) electrons. The van der Waals surface area contributed by atoms with E-state index < -0.39 is 0 Å². The summed E-state index contributed by atoms with van der Waals surface area (Å²) in [4.78, 5) is 24.9. The number of hydrogen-bond donors (Lipinski definition) is 0. The van der Waals surface area contributed by atoms with Crippen LogP contribution in [0.2, 0.25) is 0 Å². The minimum absolute atomic E-state index is 0.0385. The number of rotatable bonds is 4. The molecule has 1 aliphatic rings. The van der Waals surface area contributed by atoms with Crippen molar-refractivity contribution in [1.29, 1.82) is 0 Å². The predicted octanol–water partition coefficient (Wildman–Crippen LogP) is 1.53. The summed E-state index contributed by atoms with van der Waals surface area (Å²) >= 11 is 0. The van der Waals surface area contributed by atoms with Gasteiger partial charge in [-0.1, -0.05) is 20.8 Å². The first kappa shape index (κ1) is 17.4. The van der Waals surface area contributed by atoms with Gasteiger partial charge in [0.2, 0.25) is 0 Å². The molecule has 1 fully saturated rings. The van der Waals surface area contributed by atoms with Crippen molar-refractivity contribution >= 4 is 11.6 Å². The van der Waals surface area contributed by atoms with Gasteiger partial charge in [0.1, 0.15) is 18.0 Å². The Morgan fingerprint density at radius 1 is 1.20 bits per heavy atom. The zero-order chi connectivity index (χ0) is 18.2. The van der Waals surface area contributed by atoms with E-state index in [4.69, 9.17) is 0 Å². The molecule has 0 amide bonds. The fourth-order valence-electron chi connectivity index (χ4n) is 2.85. The van der Waals surface area contributed by atoms with Crippen LogP contribution in [0.5, 0.6) is 0 Å². The normalized spacial score (nSPS) is 15.2. The molecular weight excluding hydrogens is 316 g/mol. The van der Waals surface area contributed by atoms with Crippen molar-refractivity contribution in [2.45, 2.75) is 32.7 Å². The molecule has 1 saturated heterocycles. The summed E-state index contributed by atoms with van der Waals surface area (Å²) in [6.45, 7) is 8.70. The fraction of sp³-hybridized carbons (Fsp3) is 0.556. The molecule has 0 bridgehead atoms. The lowest BCUT2D eigenvalue weighted by Crippen LogP contribution is -2.50. The van der Waals surface area contributed by atoms with Crippen molar-refractivity contribution in [1.82, 2.24) is 19.7 Å². The van der Waals surface area contributed by atoms with E-state index in [1.807, 2.05) is 31.1 Å². The van der Waals surface area contributed by atoms with E-state index in [2.05, 4.69) is 40.7 Å². The van der Waals surface area contributed by atoms with Crippen molar-refractivity contribution in [3.8, 4) is 0 Å². The average Bonchev–Trinajstić information content (AvgIpc) is 2.51. The quantitative estimate of drug-likeness (QED) is 0.839. The molecule has 2 aromatic heterocycles. The minimum Gasteiger partial charge on any atom is -0.363 e. The first-order valence-electron chi connectivity index (χ1n) is 8.57. The molecule has 2 aromatic rings. The Labute approximate surface area is 148 Å². The maximum atomic E-state index is 12.1. The lowest BCUT2D eigenvalue weighted by molar-refractivity contribution is 0.328. The first-order valence-corrected chi connectivity index (χ1v) is 8.57. The summed E-state index contributed by atoms with van der Waals surface area (Å²) in [5.74, 6) is 2.22. The third-order valence-electron chi connectivity index (χ3n) is 4.44. The van der Waals surface area contributed by atoms with Gasteiger partial charge in [-0.15, -0.1) is 0 Å². The van der Waals surface area contributed by atoms with Gasteiger partial charge in [-0.05, 0) is 6.07 Å². The maximum absolute atomic E-state index is 12.1. The summed E-state index contributed by atoms with van der Waals surface area (Å²) in [5, 5.41) is 4.55. The highest BCUT2D eigenvalue weighted by atomic mass is 16.1. The van der Waals surface area contributed by atoms with Crippen molar-refractivity contribution in [3.05, 3.63) is 40.6 Å². The van der Waals surface area contributed by atoms with Gasteiger partial charge in [0.15, 0.2) is 0 Å². The van der Waals surface area contributed by atoms with Crippen LogP contribution in [0, 0.1) is 5.92 Å². The molecule has 0 aliphatic carbocycles. The van der Waals surface area contributed by atoms with Crippen LogP contribution in [0.15, 0.2) is 29.3 Å². The lowest BCUT2D eigenvalue weighted by Gasteiger charge is -2.40. The molecule has 0 N–H and O–H groups in total. The van der Waals surface area contributed by atoms with Crippen LogP contribution in [-0.2, 0) is 12.0 Å².